The second kappa shape index (κ2) is 42.6. The van der Waals surface area contributed by atoms with Crippen LogP contribution in [0.5, 0.6) is 0 Å². The molecule has 2 atom stereocenters. The van der Waals surface area contributed by atoms with E-state index in [0.717, 1.165) is 25.7 Å². The number of rotatable bonds is 43. The number of aliphatic hydroxyl groups is 2. The van der Waals surface area contributed by atoms with Crippen molar-refractivity contribution in [2.75, 3.05) is 13.1 Å². The fourth-order valence-electron chi connectivity index (χ4n) is 7.35. The number of unbranched alkanes of at least 4 members (excludes halogenated alkanes) is 34. The van der Waals surface area contributed by atoms with Gasteiger partial charge in [0.2, 0.25) is 11.8 Å². The van der Waals surface area contributed by atoms with E-state index in [4.69, 9.17) is 0 Å². The minimum atomic E-state index is -0.994. The Morgan fingerprint density at radius 1 is 0.327 bits per heavy atom. The SMILES string of the molecule is CCCCCCCCCCCCCCCCCCCCC(O)C(=O)NCCNC(=O)C(O)CCCCCCCCCCCCCCCCCCCC. The van der Waals surface area contributed by atoms with Crippen LogP contribution < -0.4 is 10.6 Å². The van der Waals surface area contributed by atoms with Crippen LogP contribution in [0.15, 0.2) is 0 Å². The van der Waals surface area contributed by atoms with Crippen molar-refractivity contribution in [3.05, 3.63) is 0 Å². The molecule has 0 radical (unpaired) electrons. The maximum atomic E-state index is 12.2. The van der Waals surface area contributed by atoms with E-state index in [2.05, 4.69) is 24.5 Å². The van der Waals surface area contributed by atoms with E-state index in [0.29, 0.717) is 12.8 Å². The predicted octanol–water partition coefficient (Wildman–Crippen LogP) is 12.8. The summed E-state index contributed by atoms with van der Waals surface area (Å²) in [5.41, 5.74) is 0. The van der Waals surface area contributed by atoms with Crippen molar-refractivity contribution < 1.29 is 19.8 Å². The normalized spacial score (nSPS) is 12.6. The van der Waals surface area contributed by atoms with Crippen LogP contribution in [0.4, 0.5) is 0 Å². The molecule has 6 heteroatoms. The lowest BCUT2D eigenvalue weighted by molar-refractivity contribution is -0.131. The molecule has 310 valence electrons. The maximum absolute atomic E-state index is 12.2. The Balaban J connectivity index is 3.44. The summed E-state index contributed by atoms with van der Waals surface area (Å²) in [7, 11) is 0. The molecule has 2 amide bonds. The highest BCUT2D eigenvalue weighted by Gasteiger charge is 2.16. The number of carbonyl (C=O) groups is 2. The molecule has 0 spiro atoms. The fraction of sp³-hybridized carbons (Fsp3) is 0.957. The smallest absolute Gasteiger partial charge is 0.248 e. The molecule has 0 heterocycles. The first-order valence-corrected chi connectivity index (χ1v) is 23.4. The molecule has 0 bridgehead atoms. The van der Waals surface area contributed by atoms with Crippen LogP contribution in [-0.2, 0) is 9.59 Å². The molecule has 2 unspecified atom stereocenters. The largest absolute Gasteiger partial charge is 0.383 e. The van der Waals surface area contributed by atoms with E-state index in [9.17, 15) is 19.8 Å². The second-order valence-corrected chi connectivity index (χ2v) is 16.2. The fourth-order valence-corrected chi connectivity index (χ4v) is 7.35. The molecular formula is C46H92N2O4. The van der Waals surface area contributed by atoms with Gasteiger partial charge >= 0.3 is 0 Å². The number of nitrogens with one attached hydrogen (secondary N) is 2. The molecule has 0 fully saturated rings. The first kappa shape index (κ1) is 50.9. The lowest BCUT2D eigenvalue weighted by Gasteiger charge is -2.13. The van der Waals surface area contributed by atoms with Gasteiger partial charge in [0.1, 0.15) is 12.2 Å². The average molecular weight is 737 g/mol. The summed E-state index contributed by atoms with van der Waals surface area (Å²) in [5.74, 6) is -0.749. The number of aliphatic hydroxyl groups excluding tert-OH is 2. The highest BCUT2D eigenvalue weighted by molar-refractivity contribution is 5.81. The van der Waals surface area contributed by atoms with Gasteiger partial charge in [0.05, 0.1) is 0 Å². The molecule has 0 aromatic rings. The van der Waals surface area contributed by atoms with Crippen molar-refractivity contribution in [1.82, 2.24) is 10.6 Å². The third-order valence-corrected chi connectivity index (χ3v) is 11.0. The maximum Gasteiger partial charge on any atom is 0.248 e. The highest BCUT2D eigenvalue weighted by atomic mass is 16.3. The van der Waals surface area contributed by atoms with Gasteiger partial charge in [-0.05, 0) is 12.8 Å². The number of hydrogen-bond acceptors (Lipinski definition) is 4. The van der Waals surface area contributed by atoms with Crippen molar-refractivity contribution in [2.24, 2.45) is 0 Å². The van der Waals surface area contributed by atoms with Gasteiger partial charge in [-0.2, -0.15) is 0 Å². The zero-order chi connectivity index (χ0) is 38.0. The molecule has 0 rings (SSSR count). The van der Waals surface area contributed by atoms with Crippen molar-refractivity contribution in [3.8, 4) is 0 Å². The summed E-state index contributed by atoms with van der Waals surface area (Å²) in [5, 5.41) is 25.8. The minimum Gasteiger partial charge on any atom is -0.383 e. The van der Waals surface area contributed by atoms with Crippen molar-refractivity contribution in [1.29, 1.82) is 0 Å². The summed E-state index contributed by atoms with van der Waals surface area (Å²) in [6.45, 7) is 5.07. The molecular weight excluding hydrogens is 645 g/mol. The zero-order valence-electron chi connectivity index (χ0n) is 35.1. The molecule has 0 aromatic heterocycles. The van der Waals surface area contributed by atoms with Gasteiger partial charge in [-0.15, -0.1) is 0 Å². The standard InChI is InChI=1S/C46H92N2O4/c1-3-5-7-9-11-13-15-17-19-21-23-25-27-29-31-33-35-37-39-43(49)45(51)47-41-42-48-46(52)44(50)40-38-36-34-32-30-28-26-24-22-20-18-16-14-12-10-8-6-4-2/h43-44,49-50H,3-42H2,1-2H3,(H,47,51)(H,48,52). The molecule has 0 saturated carbocycles. The van der Waals surface area contributed by atoms with E-state index in [1.165, 1.54) is 205 Å². The Kier molecular flexibility index (Phi) is 41.7. The van der Waals surface area contributed by atoms with Crippen molar-refractivity contribution >= 4 is 11.8 Å². The van der Waals surface area contributed by atoms with Crippen LogP contribution in [0.2, 0.25) is 0 Å². The molecule has 0 saturated heterocycles. The van der Waals surface area contributed by atoms with Gasteiger partial charge in [0.25, 0.3) is 0 Å². The molecule has 0 aliphatic rings. The van der Waals surface area contributed by atoms with Crippen molar-refractivity contribution in [2.45, 2.75) is 270 Å². The Hall–Kier alpha value is -1.14. The van der Waals surface area contributed by atoms with Crippen LogP contribution in [-0.4, -0.2) is 47.3 Å². The third-order valence-electron chi connectivity index (χ3n) is 11.0. The summed E-state index contributed by atoms with van der Waals surface area (Å²) in [4.78, 5) is 24.4. The molecule has 0 aromatic carbocycles. The Bertz CT molecular complexity index is 673. The van der Waals surface area contributed by atoms with Crippen LogP contribution >= 0.6 is 0 Å². The van der Waals surface area contributed by atoms with Gasteiger partial charge in [-0.1, -0.05) is 245 Å². The zero-order valence-corrected chi connectivity index (χ0v) is 35.1. The van der Waals surface area contributed by atoms with E-state index in [1.54, 1.807) is 0 Å². The van der Waals surface area contributed by atoms with Crippen LogP contribution in [0.25, 0.3) is 0 Å². The predicted molar refractivity (Wildman–Crippen MR) is 225 cm³/mol. The van der Waals surface area contributed by atoms with Crippen LogP contribution in [0, 0.1) is 0 Å². The van der Waals surface area contributed by atoms with E-state index in [1.807, 2.05) is 0 Å². The Morgan fingerprint density at radius 3 is 0.692 bits per heavy atom. The van der Waals surface area contributed by atoms with E-state index < -0.39 is 12.2 Å². The Morgan fingerprint density at radius 2 is 0.500 bits per heavy atom. The second-order valence-electron chi connectivity index (χ2n) is 16.2. The van der Waals surface area contributed by atoms with Gasteiger partial charge < -0.3 is 20.8 Å². The highest BCUT2D eigenvalue weighted by Crippen LogP contribution is 2.17. The summed E-state index contributed by atoms with van der Waals surface area (Å²) >= 11 is 0. The number of hydrogen-bond donors (Lipinski definition) is 4. The quantitative estimate of drug-likeness (QED) is 0.0468. The Labute approximate surface area is 324 Å². The monoisotopic (exact) mass is 737 g/mol. The first-order valence-electron chi connectivity index (χ1n) is 23.4. The minimum absolute atomic E-state index is 0.257. The van der Waals surface area contributed by atoms with Crippen molar-refractivity contribution in [3.63, 3.8) is 0 Å². The van der Waals surface area contributed by atoms with Crippen LogP contribution in [0.3, 0.4) is 0 Å². The molecule has 52 heavy (non-hydrogen) atoms. The van der Waals surface area contributed by atoms with E-state index in [-0.39, 0.29) is 24.9 Å². The lowest BCUT2D eigenvalue weighted by Crippen LogP contribution is -2.42. The first-order chi connectivity index (χ1) is 25.5. The summed E-state index contributed by atoms with van der Waals surface area (Å²) in [6.07, 6.45) is 46.5. The van der Waals surface area contributed by atoms with Gasteiger partial charge in [-0.3, -0.25) is 9.59 Å². The van der Waals surface area contributed by atoms with Gasteiger partial charge in [0, 0.05) is 13.1 Å². The number of carbonyl (C=O) groups excluding carboxylic acids is 2. The average Bonchev–Trinajstić information content (AvgIpc) is 3.15. The molecule has 4 N–H and O–H groups in total. The molecule has 0 aliphatic carbocycles. The summed E-state index contributed by atoms with van der Waals surface area (Å²) < 4.78 is 0. The molecule has 6 nitrogen and oxygen atoms in total. The van der Waals surface area contributed by atoms with E-state index >= 15 is 0 Å². The van der Waals surface area contributed by atoms with Gasteiger partial charge in [0.15, 0.2) is 0 Å². The van der Waals surface area contributed by atoms with Gasteiger partial charge in [-0.25, -0.2) is 0 Å². The number of amides is 2. The summed E-state index contributed by atoms with van der Waals surface area (Å²) in [6, 6.07) is 0. The lowest BCUT2D eigenvalue weighted by atomic mass is 10.0. The third kappa shape index (κ3) is 38.6. The molecule has 0 aliphatic heterocycles. The van der Waals surface area contributed by atoms with Crippen LogP contribution in [0.1, 0.15) is 258 Å². The topological polar surface area (TPSA) is 98.7 Å².